The summed E-state index contributed by atoms with van der Waals surface area (Å²) >= 11 is 0. The van der Waals surface area contributed by atoms with Crippen molar-refractivity contribution in [2.24, 2.45) is 0 Å². The maximum absolute atomic E-state index is 6.12. The van der Waals surface area contributed by atoms with Crippen LogP contribution in [0.2, 0.25) is 6.32 Å². The van der Waals surface area contributed by atoms with Crippen molar-refractivity contribution < 1.29 is 4.74 Å². The van der Waals surface area contributed by atoms with Crippen LogP contribution < -0.4 is 10.1 Å². The number of hydrogen-bond acceptors (Lipinski definition) is 3. The summed E-state index contributed by atoms with van der Waals surface area (Å²) in [4.78, 5) is 2.35. The molecule has 1 N–H and O–H groups in total. The van der Waals surface area contributed by atoms with E-state index in [9.17, 15) is 0 Å². The number of ether oxygens (including phenoxy) is 1. The zero-order valence-corrected chi connectivity index (χ0v) is 14.8. The molecule has 0 bridgehead atoms. The Hall–Kier alpha value is -1.68. The van der Waals surface area contributed by atoms with Gasteiger partial charge in [0.05, 0.1) is 0 Å². The summed E-state index contributed by atoms with van der Waals surface area (Å²) in [5.41, 5.74) is 4.80. The molecule has 0 unspecified atom stereocenters. The molecule has 0 amide bonds. The second kappa shape index (κ2) is 8.25. The molecule has 2 rings (SSSR count). The van der Waals surface area contributed by atoms with Gasteiger partial charge in [-0.3, -0.25) is 4.90 Å². The van der Waals surface area contributed by atoms with Crippen LogP contribution in [0.5, 0.6) is 5.75 Å². The van der Waals surface area contributed by atoms with Gasteiger partial charge in [-0.25, -0.2) is 0 Å². The minimum atomic E-state index is 0.291. The van der Waals surface area contributed by atoms with Crippen molar-refractivity contribution in [2.45, 2.75) is 32.7 Å². The van der Waals surface area contributed by atoms with E-state index in [0.29, 0.717) is 6.10 Å². The lowest BCUT2D eigenvalue weighted by atomic mass is 9.96. The predicted octanol–water partition coefficient (Wildman–Crippen LogP) is 2.33. The van der Waals surface area contributed by atoms with E-state index < -0.39 is 0 Å². The maximum atomic E-state index is 6.12. The summed E-state index contributed by atoms with van der Waals surface area (Å²) in [6, 6.07) is 6.56. The minimum absolute atomic E-state index is 0.291. The van der Waals surface area contributed by atoms with E-state index in [1.165, 1.54) is 17.4 Å². The molecule has 23 heavy (non-hydrogen) atoms. The highest BCUT2D eigenvalue weighted by Crippen LogP contribution is 2.24. The molecule has 1 fully saturated rings. The number of hydrogen-bond donors (Lipinski definition) is 1. The summed E-state index contributed by atoms with van der Waals surface area (Å²) in [6.45, 7) is 15.7. The summed E-state index contributed by atoms with van der Waals surface area (Å²) in [5, 5.41) is 3.30. The molecule has 0 radical (unpaired) electrons. The van der Waals surface area contributed by atoms with Crippen LogP contribution in [0.4, 0.5) is 0 Å². The molecule has 1 aliphatic heterocycles. The Kier molecular flexibility index (Phi) is 6.34. The van der Waals surface area contributed by atoms with Crippen LogP contribution in [-0.2, 0) is 6.42 Å². The quantitative estimate of drug-likeness (QED) is 0.559. The third kappa shape index (κ3) is 5.47. The molecule has 1 aliphatic rings. The van der Waals surface area contributed by atoms with Gasteiger partial charge in [0, 0.05) is 31.9 Å². The average molecular weight is 312 g/mol. The van der Waals surface area contributed by atoms with Crippen LogP contribution in [0.1, 0.15) is 18.1 Å². The van der Waals surface area contributed by atoms with Gasteiger partial charge in [-0.1, -0.05) is 37.2 Å². The molecule has 0 aromatic heterocycles. The van der Waals surface area contributed by atoms with Gasteiger partial charge in [-0.15, -0.1) is 0 Å². The normalized spacial score (nSPS) is 15.0. The smallest absolute Gasteiger partial charge is 0.124 e. The van der Waals surface area contributed by atoms with E-state index in [2.05, 4.69) is 56.3 Å². The third-order valence-electron chi connectivity index (χ3n) is 4.05. The molecule has 0 saturated carbocycles. The fourth-order valence-corrected chi connectivity index (χ4v) is 2.80. The first kappa shape index (κ1) is 17.7. The largest absolute Gasteiger partial charge is 0.487 e. The first-order valence-corrected chi connectivity index (χ1v) is 8.52. The average Bonchev–Trinajstić information content (AvgIpc) is 2.45. The number of nitrogens with zero attached hydrogens (tertiary/aromatic N) is 1. The van der Waals surface area contributed by atoms with Gasteiger partial charge in [0.1, 0.15) is 19.7 Å². The molecule has 0 spiro atoms. The molecular weight excluding hydrogens is 283 g/mol. The molecule has 1 saturated heterocycles. The van der Waals surface area contributed by atoms with Crippen molar-refractivity contribution in [3.8, 4) is 5.75 Å². The second-order valence-electron chi connectivity index (χ2n) is 6.70. The molecular formula is C19H29BN2O. The second-order valence-corrected chi connectivity index (χ2v) is 6.70. The van der Waals surface area contributed by atoms with Gasteiger partial charge in [-0.05, 0) is 37.5 Å². The van der Waals surface area contributed by atoms with E-state index in [1.54, 1.807) is 0 Å². The third-order valence-corrected chi connectivity index (χ3v) is 4.05. The van der Waals surface area contributed by atoms with Crippen LogP contribution in [0.25, 0.3) is 0 Å². The van der Waals surface area contributed by atoms with E-state index in [1.807, 2.05) is 6.92 Å². The van der Waals surface area contributed by atoms with Gasteiger partial charge >= 0.3 is 0 Å². The fourth-order valence-electron chi connectivity index (χ4n) is 2.80. The summed E-state index contributed by atoms with van der Waals surface area (Å²) in [6.07, 6.45) is 2.61. The zero-order valence-electron chi connectivity index (χ0n) is 14.8. The first-order valence-electron chi connectivity index (χ1n) is 8.52. The van der Waals surface area contributed by atoms with Gasteiger partial charge in [0.2, 0.25) is 0 Å². The number of benzene rings is 1. The monoisotopic (exact) mass is 312 g/mol. The summed E-state index contributed by atoms with van der Waals surface area (Å²) < 4.78 is 6.12. The van der Waals surface area contributed by atoms with Crippen LogP contribution in [-0.4, -0.2) is 45.0 Å². The zero-order chi connectivity index (χ0) is 16.8. The Balaban J connectivity index is 1.73. The highest BCUT2D eigenvalue weighted by Gasteiger charge is 2.28. The number of rotatable bonds is 9. The SMILES string of the molecule is BCCc1ccc(OC2CN(CC(=C)NCC(=C)C)C2)c(C)c1. The number of likely N-dealkylation sites (tertiary alicyclic amines) is 1. The maximum Gasteiger partial charge on any atom is 0.124 e. The molecule has 0 aliphatic carbocycles. The number of nitrogens with one attached hydrogen (secondary N) is 1. The Morgan fingerprint density at radius 1 is 1.39 bits per heavy atom. The van der Waals surface area contributed by atoms with Crippen molar-refractivity contribution in [1.29, 1.82) is 0 Å². The lowest BCUT2D eigenvalue weighted by molar-refractivity contribution is 0.0253. The van der Waals surface area contributed by atoms with Crippen LogP contribution in [0, 0.1) is 6.92 Å². The molecule has 3 nitrogen and oxygen atoms in total. The standard InChI is InChI=1S/C19H29BN2O/c1-14(2)10-21-16(4)11-22-12-18(13-22)23-19-6-5-17(7-8-20)9-15(19)3/h5-6,9,18,21H,1,4,7-8,10-13,20H2,2-3H3. The van der Waals surface area contributed by atoms with Gasteiger partial charge in [0.15, 0.2) is 0 Å². The van der Waals surface area contributed by atoms with Crippen LogP contribution in [0.3, 0.4) is 0 Å². The van der Waals surface area contributed by atoms with Crippen molar-refractivity contribution in [3.05, 3.63) is 53.8 Å². The fraction of sp³-hybridized carbons (Fsp3) is 0.474. The van der Waals surface area contributed by atoms with Crippen molar-refractivity contribution in [3.63, 3.8) is 0 Å². The van der Waals surface area contributed by atoms with E-state index in [-0.39, 0.29) is 0 Å². The molecule has 0 atom stereocenters. The predicted molar refractivity (Wildman–Crippen MR) is 101 cm³/mol. The van der Waals surface area contributed by atoms with Gasteiger partial charge in [0.25, 0.3) is 0 Å². The first-order chi connectivity index (χ1) is 11.0. The molecule has 1 aromatic carbocycles. The topological polar surface area (TPSA) is 24.5 Å². The Morgan fingerprint density at radius 3 is 2.74 bits per heavy atom. The molecule has 1 heterocycles. The van der Waals surface area contributed by atoms with E-state index in [0.717, 1.165) is 49.6 Å². The molecule has 1 aromatic rings. The van der Waals surface area contributed by atoms with Gasteiger partial charge < -0.3 is 10.1 Å². The Labute approximate surface area is 141 Å². The van der Waals surface area contributed by atoms with Crippen LogP contribution in [0.15, 0.2) is 42.6 Å². The number of aryl methyl sites for hydroxylation is 2. The van der Waals surface area contributed by atoms with Gasteiger partial charge in [-0.2, -0.15) is 0 Å². The summed E-state index contributed by atoms with van der Waals surface area (Å²) in [5.74, 6) is 1.02. The van der Waals surface area contributed by atoms with Crippen molar-refractivity contribution >= 4 is 7.85 Å². The summed E-state index contributed by atoms with van der Waals surface area (Å²) in [7, 11) is 2.21. The van der Waals surface area contributed by atoms with Crippen molar-refractivity contribution in [2.75, 3.05) is 26.2 Å². The lowest BCUT2D eigenvalue weighted by Gasteiger charge is -2.39. The lowest BCUT2D eigenvalue weighted by Crippen LogP contribution is -2.54. The highest BCUT2D eigenvalue weighted by atomic mass is 16.5. The van der Waals surface area contributed by atoms with Crippen molar-refractivity contribution in [1.82, 2.24) is 10.2 Å². The minimum Gasteiger partial charge on any atom is -0.487 e. The highest BCUT2D eigenvalue weighted by molar-refractivity contribution is 6.08. The molecule has 124 valence electrons. The van der Waals surface area contributed by atoms with Crippen LogP contribution >= 0.6 is 0 Å². The Bertz CT molecular complexity index is 564. The molecule has 4 heteroatoms. The Morgan fingerprint density at radius 2 is 2.13 bits per heavy atom. The van der Waals surface area contributed by atoms with E-state index >= 15 is 0 Å². The van der Waals surface area contributed by atoms with E-state index in [4.69, 9.17) is 4.74 Å².